The van der Waals surface area contributed by atoms with Crippen LogP contribution in [0.1, 0.15) is 76.1 Å². The molecule has 0 bridgehead atoms. The van der Waals surface area contributed by atoms with Gasteiger partial charge in [-0.05, 0) is 78.9 Å². The fourth-order valence-electron chi connectivity index (χ4n) is 6.08. The Bertz CT molecular complexity index is 2380. The van der Waals surface area contributed by atoms with Gasteiger partial charge in [0.1, 0.15) is 0 Å². The Morgan fingerprint density at radius 3 is 2.52 bits per heavy atom. The van der Waals surface area contributed by atoms with Crippen LogP contribution >= 0.6 is 34.7 Å². The molecule has 268 valence electrons. The third kappa shape index (κ3) is 7.39. The number of nitro groups is 1. The maximum Gasteiger partial charge on any atom is 0.338 e. The maximum atomic E-state index is 14.5. The number of esters is 1. The SMILES string of the molecule is CCCC1=C(C(=O)OCC)[C@H](c2ccc(C(C)C)cc2)n2c(s/c(=C/c3cc([N+](=O)[O-])ccc3Sc3nnc(-c4cccc(Cl)c4)n3CC)c2=O)=N1. The van der Waals surface area contributed by atoms with Crippen LogP contribution in [0.2, 0.25) is 5.02 Å². The number of fused-ring (bicyclic) bond motifs is 1. The highest BCUT2D eigenvalue weighted by Crippen LogP contribution is 2.36. The smallest absolute Gasteiger partial charge is 0.338 e. The van der Waals surface area contributed by atoms with Crippen molar-refractivity contribution in [1.29, 1.82) is 0 Å². The van der Waals surface area contributed by atoms with E-state index in [2.05, 4.69) is 24.0 Å². The molecule has 0 fully saturated rings. The third-order valence-corrected chi connectivity index (χ3v) is 10.9. The molecule has 2 aromatic heterocycles. The number of hydrogen-bond donors (Lipinski definition) is 0. The van der Waals surface area contributed by atoms with Gasteiger partial charge in [0.2, 0.25) is 0 Å². The van der Waals surface area contributed by atoms with Crippen LogP contribution in [-0.4, -0.2) is 36.8 Å². The summed E-state index contributed by atoms with van der Waals surface area (Å²) in [5.74, 6) is 0.408. The highest BCUT2D eigenvalue weighted by Gasteiger charge is 2.34. The zero-order valence-electron chi connectivity index (χ0n) is 29.3. The number of hydrogen-bond acceptors (Lipinski definition) is 10. The summed E-state index contributed by atoms with van der Waals surface area (Å²) in [7, 11) is 0. The van der Waals surface area contributed by atoms with Crippen LogP contribution in [-0.2, 0) is 16.1 Å². The van der Waals surface area contributed by atoms with E-state index in [4.69, 9.17) is 21.3 Å². The Balaban J connectivity index is 1.52. The highest BCUT2D eigenvalue weighted by atomic mass is 35.5. The molecule has 0 saturated carbocycles. The molecule has 11 nitrogen and oxygen atoms in total. The van der Waals surface area contributed by atoms with Crippen molar-refractivity contribution in [3.05, 3.63) is 130 Å². The van der Waals surface area contributed by atoms with Crippen molar-refractivity contribution in [3.63, 3.8) is 0 Å². The lowest BCUT2D eigenvalue weighted by molar-refractivity contribution is -0.384. The maximum absolute atomic E-state index is 14.5. The summed E-state index contributed by atoms with van der Waals surface area (Å²) in [5, 5.41) is 21.9. The first-order valence-corrected chi connectivity index (χ1v) is 19.0. The zero-order chi connectivity index (χ0) is 37.1. The largest absolute Gasteiger partial charge is 0.463 e. The molecule has 14 heteroatoms. The lowest BCUT2D eigenvalue weighted by atomic mass is 9.92. The van der Waals surface area contributed by atoms with Crippen LogP contribution in [0.25, 0.3) is 17.5 Å². The van der Waals surface area contributed by atoms with Gasteiger partial charge in [-0.15, -0.1) is 10.2 Å². The van der Waals surface area contributed by atoms with E-state index in [-0.39, 0.29) is 17.9 Å². The van der Waals surface area contributed by atoms with Crippen molar-refractivity contribution in [3.8, 4) is 11.4 Å². The Kier molecular flexibility index (Phi) is 11.2. The normalized spacial score (nSPS) is 14.4. The second kappa shape index (κ2) is 15.8. The molecule has 0 unspecified atom stereocenters. The molecule has 0 amide bonds. The minimum atomic E-state index is -0.771. The number of aromatic nitrogens is 4. The molecule has 3 heterocycles. The fraction of sp³-hybridized carbons (Fsp3) is 0.289. The van der Waals surface area contributed by atoms with Crippen LogP contribution in [0.5, 0.6) is 0 Å². The molecule has 1 aliphatic rings. The Labute approximate surface area is 313 Å². The van der Waals surface area contributed by atoms with Gasteiger partial charge >= 0.3 is 5.97 Å². The van der Waals surface area contributed by atoms with Gasteiger partial charge in [0, 0.05) is 34.2 Å². The van der Waals surface area contributed by atoms with Gasteiger partial charge in [-0.2, -0.15) is 0 Å². The van der Waals surface area contributed by atoms with Gasteiger partial charge < -0.3 is 9.30 Å². The van der Waals surface area contributed by atoms with E-state index in [1.807, 2.05) is 60.9 Å². The number of thiazole rings is 1. The van der Waals surface area contributed by atoms with E-state index in [0.29, 0.717) is 65.9 Å². The average molecular weight is 757 g/mol. The molecule has 0 spiro atoms. The Morgan fingerprint density at radius 2 is 1.87 bits per heavy atom. The second-order valence-electron chi connectivity index (χ2n) is 12.4. The number of carbonyl (C=O) groups is 1. The molecule has 0 saturated heterocycles. The molecule has 3 aromatic carbocycles. The van der Waals surface area contributed by atoms with E-state index in [9.17, 15) is 19.7 Å². The van der Waals surface area contributed by atoms with Crippen LogP contribution in [0, 0.1) is 10.1 Å². The van der Waals surface area contributed by atoms with Crippen LogP contribution < -0.4 is 14.9 Å². The van der Waals surface area contributed by atoms with Crippen LogP contribution in [0.3, 0.4) is 0 Å². The molecule has 1 aliphatic heterocycles. The molecule has 5 aromatic rings. The predicted molar refractivity (Wildman–Crippen MR) is 204 cm³/mol. The van der Waals surface area contributed by atoms with Crippen molar-refractivity contribution in [2.75, 3.05) is 6.61 Å². The first kappa shape index (κ1) is 36.9. The predicted octanol–water partition coefficient (Wildman–Crippen LogP) is 7.69. The Morgan fingerprint density at radius 1 is 1.10 bits per heavy atom. The summed E-state index contributed by atoms with van der Waals surface area (Å²) in [6.45, 7) is 10.7. The van der Waals surface area contributed by atoms with Gasteiger partial charge in [0.05, 0.1) is 33.4 Å². The molecule has 1 atom stereocenters. The number of rotatable bonds is 12. The number of non-ortho nitro benzene ring substituents is 1. The topological polar surface area (TPSA) is 135 Å². The second-order valence-corrected chi connectivity index (χ2v) is 14.8. The van der Waals surface area contributed by atoms with E-state index in [0.717, 1.165) is 23.1 Å². The molecular weight excluding hydrogens is 720 g/mol. The first-order valence-electron chi connectivity index (χ1n) is 17.0. The fourth-order valence-corrected chi connectivity index (χ4v) is 8.26. The molecule has 52 heavy (non-hydrogen) atoms. The monoisotopic (exact) mass is 756 g/mol. The number of ether oxygens (including phenoxy) is 1. The van der Waals surface area contributed by atoms with E-state index >= 15 is 0 Å². The van der Waals surface area contributed by atoms with Crippen molar-refractivity contribution in [1.82, 2.24) is 19.3 Å². The standard InChI is InChI=1S/C38H37ClN6O5S2/c1-6-10-29-32(36(47)50-8-3)33(24-15-13-23(14-16-24)22(4)5)44-35(46)31(52-37(44)40-29)21-26-20-28(45(48)49)17-18-30(26)51-38-42-41-34(43(38)7-2)25-11-9-12-27(39)19-25/h9,11-22,33H,6-8,10H2,1-5H3/b31-21+/t33-/m0/s1. The zero-order valence-corrected chi connectivity index (χ0v) is 31.7. The van der Waals surface area contributed by atoms with Gasteiger partial charge in [-0.1, -0.05) is 86.5 Å². The number of benzene rings is 3. The number of halogens is 1. The van der Waals surface area contributed by atoms with Crippen molar-refractivity contribution >= 4 is 52.4 Å². The Hall–Kier alpha value is -4.85. The van der Waals surface area contributed by atoms with Crippen molar-refractivity contribution in [2.24, 2.45) is 4.99 Å². The number of nitrogens with zero attached hydrogens (tertiary/aromatic N) is 6. The van der Waals surface area contributed by atoms with Crippen LogP contribution in [0.4, 0.5) is 5.69 Å². The summed E-state index contributed by atoms with van der Waals surface area (Å²) in [4.78, 5) is 45.5. The third-order valence-electron chi connectivity index (χ3n) is 8.62. The molecule has 0 aliphatic carbocycles. The quantitative estimate of drug-likeness (QED) is 0.0719. The lowest BCUT2D eigenvalue weighted by Gasteiger charge is -2.26. The number of nitro benzene ring substituents is 1. The number of carbonyl (C=O) groups excluding carboxylic acids is 1. The van der Waals surface area contributed by atoms with Crippen LogP contribution in [0.15, 0.2) is 97.8 Å². The minimum Gasteiger partial charge on any atom is -0.463 e. The van der Waals surface area contributed by atoms with Crippen molar-refractivity contribution < 1.29 is 14.5 Å². The van der Waals surface area contributed by atoms with E-state index < -0.39 is 16.9 Å². The highest BCUT2D eigenvalue weighted by molar-refractivity contribution is 7.99. The van der Waals surface area contributed by atoms with E-state index in [1.165, 1.54) is 35.2 Å². The van der Waals surface area contributed by atoms with Crippen molar-refractivity contribution in [2.45, 2.75) is 76.0 Å². The summed E-state index contributed by atoms with van der Waals surface area (Å²) >= 11 is 8.72. The van der Waals surface area contributed by atoms with Gasteiger partial charge in [0.15, 0.2) is 15.8 Å². The summed E-state index contributed by atoms with van der Waals surface area (Å²) in [5.41, 5.74) is 3.55. The average Bonchev–Trinajstić information content (AvgIpc) is 3.67. The summed E-state index contributed by atoms with van der Waals surface area (Å²) in [6.07, 6.45) is 2.89. The molecule has 0 N–H and O–H groups in total. The summed E-state index contributed by atoms with van der Waals surface area (Å²) in [6, 6.07) is 19.0. The van der Waals surface area contributed by atoms with Gasteiger partial charge in [-0.25, -0.2) is 9.79 Å². The van der Waals surface area contributed by atoms with E-state index in [1.54, 1.807) is 29.7 Å². The lowest BCUT2D eigenvalue weighted by Crippen LogP contribution is -2.40. The molecule has 6 rings (SSSR count). The first-order chi connectivity index (χ1) is 25.0. The number of allylic oxidation sites excluding steroid dienone is 1. The molecule has 0 radical (unpaired) electrons. The minimum absolute atomic E-state index is 0.127. The summed E-state index contributed by atoms with van der Waals surface area (Å²) < 4.78 is 9.32. The molecular formula is C38H37ClN6O5S2. The van der Waals surface area contributed by atoms with Gasteiger partial charge in [0.25, 0.3) is 11.2 Å². The van der Waals surface area contributed by atoms with Gasteiger partial charge in [-0.3, -0.25) is 19.5 Å².